The third-order valence-corrected chi connectivity index (χ3v) is 12.8. The predicted octanol–water partition coefficient (Wildman–Crippen LogP) is 8.70. The average Bonchev–Trinajstić information content (AvgIpc) is 2.74. The molecule has 0 rings (SSSR count). The van der Waals surface area contributed by atoms with Crippen molar-refractivity contribution in [2.24, 2.45) is 0 Å². The summed E-state index contributed by atoms with van der Waals surface area (Å²) in [5.41, 5.74) is 0. The van der Waals surface area contributed by atoms with Gasteiger partial charge in [0.05, 0.1) is 13.2 Å². The Morgan fingerprint density at radius 1 is 0.655 bits per heavy atom. The van der Waals surface area contributed by atoms with E-state index in [1.807, 2.05) is 0 Å². The van der Waals surface area contributed by atoms with E-state index >= 15 is 0 Å². The van der Waals surface area contributed by atoms with Crippen LogP contribution >= 0.6 is 24.1 Å². The maximum absolute atomic E-state index is 10.9. The molecule has 0 atom stereocenters. The molecular weight excluding hydrogens is 417 g/mol. The van der Waals surface area contributed by atoms with Crippen LogP contribution < -0.4 is 0 Å². The van der Waals surface area contributed by atoms with Gasteiger partial charge in [0.15, 0.2) is 0 Å². The van der Waals surface area contributed by atoms with Crippen molar-refractivity contribution in [1.82, 2.24) is 0 Å². The van der Waals surface area contributed by atoms with Gasteiger partial charge in [-0.1, -0.05) is 53.4 Å². The third kappa shape index (κ3) is 31.3. The molecule has 0 unspecified atom stereocenters. The number of unbranched alkanes of at least 4 members (excludes halogenated alkanes) is 4. The molecule has 0 aliphatic rings. The normalized spacial score (nSPS) is 11.5. The molecule has 0 amide bonds. The molecule has 0 aromatic carbocycles. The zero-order chi connectivity index (χ0) is 22.8. The van der Waals surface area contributed by atoms with Crippen LogP contribution in [0.4, 0.5) is 0 Å². The monoisotopic (exact) mass is 474 g/mol. The molecule has 0 fully saturated rings. The molecule has 0 aromatic heterocycles. The van der Waals surface area contributed by atoms with Gasteiger partial charge in [-0.15, -0.1) is 8.58 Å². The Bertz CT molecular complexity index is 285. The zero-order valence-corrected chi connectivity index (χ0v) is 24.3. The Labute approximate surface area is 188 Å². The van der Waals surface area contributed by atoms with Crippen LogP contribution in [0.3, 0.4) is 0 Å². The first-order chi connectivity index (χ1) is 13.9. The van der Waals surface area contributed by atoms with Crippen LogP contribution in [-0.4, -0.2) is 50.7 Å². The van der Waals surface area contributed by atoms with Crippen molar-refractivity contribution in [2.45, 2.75) is 99.8 Å². The second-order valence-electron chi connectivity index (χ2n) is 7.98. The summed E-state index contributed by atoms with van der Waals surface area (Å²) < 4.78 is 20.8. The Balaban J connectivity index is -0.000000359. The second-order valence-corrected chi connectivity index (χ2v) is 16.3. The van der Waals surface area contributed by atoms with Crippen LogP contribution in [0.5, 0.6) is 0 Å². The van der Waals surface area contributed by atoms with Crippen molar-refractivity contribution in [3.8, 4) is 0 Å². The van der Waals surface area contributed by atoms with Crippen molar-refractivity contribution in [3.63, 3.8) is 0 Å². The molecule has 0 saturated carbocycles. The van der Waals surface area contributed by atoms with Crippen LogP contribution in [0.25, 0.3) is 0 Å². The molecule has 0 aromatic rings. The van der Waals surface area contributed by atoms with Crippen LogP contribution in [0.2, 0.25) is 0 Å². The fraction of sp³-hybridized carbons (Fsp3) is 1.00. The fourth-order valence-electron chi connectivity index (χ4n) is 2.12. The van der Waals surface area contributed by atoms with Gasteiger partial charge in [-0.05, 0) is 38.0 Å². The number of hydrogen-bond donors (Lipinski definition) is 0. The summed E-state index contributed by atoms with van der Waals surface area (Å²) >= 11 is 0. The Hall–Kier alpha value is 1.01. The maximum atomic E-state index is 10.9. The van der Waals surface area contributed by atoms with Gasteiger partial charge < -0.3 is 9.05 Å². The van der Waals surface area contributed by atoms with Gasteiger partial charge in [0.2, 0.25) is 0 Å². The van der Waals surface area contributed by atoms with Gasteiger partial charge in [-0.2, -0.15) is 0 Å². The molecule has 6 heteroatoms. The molecule has 0 bridgehead atoms. The van der Waals surface area contributed by atoms with E-state index in [4.69, 9.17) is 9.05 Å². The molecule has 0 radical (unpaired) electrons. The topological polar surface area (TPSA) is 35.5 Å². The molecule has 0 spiro atoms. The van der Waals surface area contributed by atoms with E-state index in [0.29, 0.717) is 13.2 Å². The summed E-state index contributed by atoms with van der Waals surface area (Å²) in [4.78, 5) is 0. The minimum absolute atomic E-state index is 0.556. The SMILES string of the molecule is CCCCO[PH](=O)OCCCC.CCCCPCCCC.CC[PH](C)(CC)CC. The van der Waals surface area contributed by atoms with Gasteiger partial charge in [0.1, 0.15) is 0 Å². The van der Waals surface area contributed by atoms with E-state index in [1.54, 1.807) is 0 Å². The second kappa shape index (κ2) is 29.0. The van der Waals surface area contributed by atoms with Crippen molar-refractivity contribution in [3.05, 3.63) is 0 Å². The average molecular weight is 475 g/mol. The molecular formula is C23H57O3P3. The van der Waals surface area contributed by atoms with E-state index in [0.717, 1.165) is 25.7 Å². The van der Waals surface area contributed by atoms with E-state index < -0.39 is 15.5 Å². The number of hydrogen-bond acceptors (Lipinski definition) is 3. The van der Waals surface area contributed by atoms with Gasteiger partial charge in [-0.3, -0.25) is 4.57 Å². The fourth-order valence-corrected chi connectivity index (χ4v) is 5.78. The minimum atomic E-state index is -2.18. The van der Waals surface area contributed by atoms with Crippen molar-refractivity contribution in [1.29, 1.82) is 0 Å². The predicted molar refractivity (Wildman–Crippen MR) is 144 cm³/mol. The Kier molecular flexibility index (Phi) is 34.6. The van der Waals surface area contributed by atoms with E-state index in [1.165, 1.54) is 65.1 Å². The van der Waals surface area contributed by atoms with Crippen LogP contribution in [-0.2, 0) is 13.6 Å². The van der Waals surface area contributed by atoms with Gasteiger partial charge >= 0.3 is 61.4 Å². The van der Waals surface area contributed by atoms with E-state index in [9.17, 15) is 4.57 Å². The molecule has 182 valence electrons. The van der Waals surface area contributed by atoms with Gasteiger partial charge in [-0.25, -0.2) is 0 Å². The summed E-state index contributed by atoms with van der Waals surface area (Å²) in [6.45, 7) is 19.3. The molecule has 3 nitrogen and oxygen atoms in total. The molecule has 0 aliphatic heterocycles. The first kappa shape index (κ1) is 34.6. The summed E-state index contributed by atoms with van der Waals surface area (Å²) in [5.74, 6) is 0. The molecule has 0 heterocycles. The third-order valence-electron chi connectivity index (χ3n) is 5.41. The standard InChI is InChI=1S/C8H19O3P.C8H19P.C7H19P/c1-3-5-7-10-12(9)11-8-6-4-2;1-3-5-7-9-8-6-4-2;1-5-8(4,6-2)7-3/h12H,3-8H2,1-2H3;9H,3-8H2,1-2H3;8H,5-7H2,1-4H3. The summed E-state index contributed by atoms with van der Waals surface area (Å²) in [6.07, 6.45) is 17.0. The molecule has 29 heavy (non-hydrogen) atoms. The van der Waals surface area contributed by atoms with E-state index in [-0.39, 0.29) is 0 Å². The Morgan fingerprint density at radius 3 is 1.24 bits per heavy atom. The summed E-state index contributed by atoms with van der Waals surface area (Å²) in [5, 5.41) is 0. The van der Waals surface area contributed by atoms with Gasteiger partial charge in [0.25, 0.3) is 0 Å². The quantitative estimate of drug-likeness (QED) is 0.156. The van der Waals surface area contributed by atoms with E-state index in [2.05, 4.69) is 55.1 Å². The van der Waals surface area contributed by atoms with Crippen LogP contribution in [0.15, 0.2) is 0 Å². The number of rotatable bonds is 17. The first-order valence-electron chi connectivity index (χ1n) is 12.4. The zero-order valence-electron chi connectivity index (χ0n) is 21.3. The van der Waals surface area contributed by atoms with Crippen LogP contribution in [0.1, 0.15) is 99.8 Å². The molecule has 0 N–H and O–H groups in total. The molecule has 0 aliphatic carbocycles. The van der Waals surface area contributed by atoms with Gasteiger partial charge in [0, 0.05) is 0 Å². The van der Waals surface area contributed by atoms with Crippen molar-refractivity contribution >= 4 is 24.1 Å². The first-order valence-corrected chi connectivity index (χ1v) is 18.2. The van der Waals surface area contributed by atoms with Crippen molar-refractivity contribution < 1.29 is 13.6 Å². The summed E-state index contributed by atoms with van der Waals surface area (Å²) in [7, 11) is -1.61. The Morgan fingerprint density at radius 2 is 1.00 bits per heavy atom. The van der Waals surface area contributed by atoms with Crippen LogP contribution in [0, 0.1) is 0 Å². The summed E-state index contributed by atoms with van der Waals surface area (Å²) in [6, 6.07) is 0. The van der Waals surface area contributed by atoms with Crippen molar-refractivity contribution in [2.75, 3.05) is 50.7 Å². The molecule has 0 saturated heterocycles.